The lowest BCUT2D eigenvalue weighted by molar-refractivity contribution is -0.144. The molecule has 22 heavy (non-hydrogen) atoms. The Morgan fingerprint density at radius 2 is 1.50 bits per heavy atom. The Morgan fingerprint density at radius 1 is 0.955 bits per heavy atom. The molecule has 0 aliphatic heterocycles. The van der Waals surface area contributed by atoms with Crippen molar-refractivity contribution in [1.29, 1.82) is 0 Å². The lowest BCUT2D eigenvalue weighted by atomic mass is 9.82. The first-order valence-electron chi connectivity index (χ1n) is 7.53. The summed E-state index contributed by atoms with van der Waals surface area (Å²) >= 11 is 0. The molecule has 0 rings (SSSR count). The molecular formula is C20H28O2. The molecule has 2 heteroatoms. The van der Waals surface area contributed by atoms with Crippen molar-refractivity contribution in [3.63, 3.8) is 0 Å². The highest BCUT2D eigenvalue weighted by Gasteiger charge is 2.29. The van der Waals surface area contributed by atoms with E-state index >= 15 is 0 Å². The van der Waals surface area contributed by atoms with Gasteiger partial charge in [0, 0.05) is 0 Å². The van der Waals surface area contributed by atoms with Gasteiger partial charge in [-0.2, -0.15) is 0 Å². The molecule has 0 bridgehead atoms. The number of aliphatic carboxylic acids is 1. The highest BCUT2D eigenvalue weighted by Crippen LogP contribution is 2.29. The smallest absolute Gasteiger partial charge is 0.313 e. The average molecular weight is 300 g/mol. The van der Waals surface area contributed by atoms with Crippen LogP contribution in [0.1, 0.15) is 41.0 Å². The van der Waals surface area contributed by atoms with Crippen molar-refractivity contribution in [1.82, 2.24) is 0 Å². The molecule has 120 valence electrons. The Bertz CT molecular complexity index is 524. The zero-order valence-corrected chi connectivity index (χ0v) is 14.3. The molecule has 0 aromatic heterocycles. The fourth-order valence-electron chi connectivity index (χ4n) is 1.63. The number of hydrogen-bond donors (Lipinski definition) is 1. The van der Waals surface area contributed by atoms with Gasteiger partial charge in [-0.1, -0.05) is 71.9 Å². The minimum Gasteiger partial charge on any atom is -0.481 e. The third-order valence-corrected chi connectivity index (χ3v) is 3.59. The second kappa shape index (κ2) is 10.6. The zero-order chi connectivity index (χ0) is 17.0. The van der Waals surface area contributed by atoms with E-state index in [2.05, 4.69) is 6.08 Å². The van der Waals surface area contributed by atoms with E-state index in [9.17, 15) is 9.90 Å². The van der Waals surface area contributed by atoms with Crippen molar-refractivity contribution in [3.8, 4) is 0 Å². The molecule has 0 saturated heterocycles. The summed E-state index contributed by atoms with van der Waals surface area (Å²) in [6, 6.07) is 0. The van der Waals surface area contributed by atoms with Crippen LogP contribution in [0.3, 0.4) is 0 Å². The van der Waals surface area contributed by atoms with Crippen LogP contribution >= 0.6 is 0 Å². The lowest BCUT2D eigenvalue weighted by Crippen LogP contribution is -2.25. The van der Waals surface area contributed by atoms with Crippen molar-refractivity contribution in [2.24, 2.45) is 5.41 Å². The summed E-state index contributed by atoms with van der Waals surface area (Å²) in [5, 5.41) is 9.22. The Balaban J connectivity index is 4.47. The van der Waals surface area contributed by atoms with Gasteiger partial charge in [-0.15, -0.1) is 0 Å². The maximum absolute atomic E-state index is 11.2. The van der Waals surface area contributed by atoms with Crippen LogP contribution in [0.4, 0.5) is 0 Å². The van der Waals surface area contributed by atoms with E-state index in [1.807, 2.05) is 75.5 Å². The average Bonchev–Trinajstić information content (AvgIpc) is 2.47. The molecular weight excluding hydrogens is 272 g/mol. The van der Waals surface area contributed by atoms with E-state index in [-0.39, 0.29) is 0 Å². The first-order valence-corrected chi connectivity index (χ1v) is 7.53. The molecule has 0 saturated carbocycles. The molecule has 0 aromatic carbocycles. The van der Waals surface area contributed by atoms with Gasteiger partial charge < -0.3 is 5.11 Å². The maximum atomic E-state index is 11.2. The largest absolute Gasteiger partial charge is 0.481 e. The van der Waals surface area contributed by atoms with Crippen LogP contribution in [0.15, 0.2) is 71.9 Å². The Labute approximate surface area is 134 Å². The van der Waals surface area contributed by atoms with Crippen molar-refractivity contribution >= 4 is 5.97 Å². The number of allylic oxidation sites excluding steroid dienone is 11. The number of carboxylic acids is 1. The Hall–Kier alpha value is -2.09. The molecule has 0 aromatic rings. The topological polar surface area (TPSA) is 37.3 Å². The first kappa shape index (κ1) is 19.9. The SMILES string of the molecule is CC=CC=CC=CC=CCC=CC(C)=C(C)C(C)(C)C(=O)O. The van der Waals surface area contributed by atoms with Gasteiger partial charge in [-0.25, -0.2) is 0 Å². The van der Waals surface area contributed by atoms with E-state index in [0.717, 1.165) is 17.6 Å². The summed E-state index contributed by atoms with van der Waals surface area (Å²) in [5.74, 6) is -0.797. The summed E-state index contributed by atoms with van der Waals surface area (Å²) in [7, 11) is 0. The number of carboxylic acid groups (broad SMARTS) is 1. The standard InChI is InChI=1S/C20H28O2/c1-6-7-8-9-10-11-12-13-14-15-16-17(2)18(3)20(4,5)19(21)22/h6-13,15-16H,14H2,1-5H3,(H,21,22). The molecule has 0 spiro atoms. The summed E-state index contributed by atoms with van der Waals surface area (Å²) < 4.78 is 0. The third-order valence-electron chi connectivity index (χ3n) is 3.59. The van der Waals surface area contributed by atoms with E-state index in [4.69, 9.17) is 0 Å². The normalized spacial score (nSPS) is 15.0. The van der Waals surface area contributed by atoms with Crippen LogP contribution in [0.2, 0.25) is 0 Å². The van der Waals surface area contributed by atoms with Crippen molar-refractivity contribution in [2.45, 2.75) is 41.0 Å². The molecule has 2 nitrogen and oxygen atoms in total. The van der Waals surface area contributed by atoms with Crippen LogP contribution in [0.25, 0.3) is 0 Å². The van der Waals surface area contributed by atoms with Crippen molar-refractivity contribution < 1.29 is 9.90 Å². The number of carbonyl (C=O) groups is 1. The molecule has 0 atom stereocenters. The monoisotopic (exact) mass is 300 g/mol. The van der Waals surface area contributed by atoms with Crippen LogP contribution < -0.4 is 0 Å². The van der Waals surface area contributed by atoms with Gasteiger partial charge in [0.15, 0.2) is 0 Å². The maximum Gasteiger partial charge on any atom is 0.313 e. The molecule has 0 unspecified atom stereocenters. The highest BCUT2D eigenvalue weighted by atomic mass is 16.4. The van der Waals surface area contributed by atoms with Crippen LogP contribution in [0, 0.1) is 5.41 Å². The van der Waals surface area contributed by atoms with Crippen LogP contribution in [-0.4, -0.2) is 11.1 Å². The third kappa shape index (κ3) is 7.63. The highest BCUT2D eigenvalue weighted by molar-refractivity contribution is 5.77. The number of rotatable bonds is 8. The van der Waals surface area contributed by atoms with Gasteiger partial charge in [-0.3, -0.25) is 4.79 Å². The minimum atomic E-state index is -0.827. The van der Waals surface area contributed by atoms with Gasteiger partial charge in [0.25, 0.3) is 0 Å². The lowest BCUT2D eigenvalue weighted by Gasteiger charge is -2.21. The van der Waals surface area contributed by atoms with Gasteiger partial charge in [0.1, 0.15) is 0 Å². The van der Waals surface area contributed by atoms with E-state index < -0.39 is 11.4 Å². The predicted molar refractivity (Wildman–Crippen MR) is 95.8 cm³/mol. The first-order chi connectivity index (χ1) is 10.3. The second-order valence-electron chi connectivity index (χ2n) is 5.60. The zero-order valence-electron chi connectivity index (χ0n) is 14.3. The van der Waals surface area contributed by atoms with Gasteiger partial charge in [0.2, 0.25) is 0 Å². The van der Waals surface area contributed by atoms with Crippen LogP contribution in [-0.2, 0) is 4.79 Å². The van der Waals surface area contributed by atoms with Gasteiger partial charge in [-0.05, 0) is 41.0 Å². The molecule has 0 aliphatic carbocycles. The minimum absolute atomic E-state index is 0.797. The summed E-state index contributed by atoms with van der Waals surface area (Å²) in [6.07, 6.45) is 20.8. The van der Waals surface area contributed by atoms with E-state index in [1.54, 1.807) is 13.8 Å². The molecule has 0 heterocycles. The summed E-state index contributed by atoms with van der Waals surface area (Å²) in [5.41, 5.74) is 1.06. The fourth-order valence-corrected chi connectivity index (χ4v) is 1.63. The molecule has 0 fully saturated rings. The quantitative estimate of drug-likeness (QED) is 0.590. The van der Waals surface area contributed by atoms with Crippen molar-refractivity contribution in [2.75, 3.05) is 0 Å². The molecule has 0 aliphatic rings. The van der Waals surface area contributed by atoms with Crippen LogP contribution in [0.5, 0.6) is 0 Å². The van der Waals surface area contributed by atoms with Crippen molar-refractivity contribution in [3.05, 3.63) is 71.9 Å². The Morgan fingerprint density at radius 3 is 2.05 bits per heavy atom. The van der Waals surface area contributed by atoms with E-state index in [0.29, 0.717) is 0 Å². The van der Waals surface area contributed by atoms with Gasteiger partial charge >= 0.3 is 5.97 Å². The Kier molecular flexibility index (Phi) is 9.60. The molecule has 0 radical (unpaired) electrons. The number of hydrogen-bond acceptors (Lipinski definition) is 1. The predicted octanol–water partition coefficient (Wildman–Crippen LogP) is 5.62. The summed E-state index contributed by atoms with van der Waals surface area (Å²) in [4.78, 5) is 11.2. The second-order valence-corrected chi connectivity index (χ2v) is 5.60. The van der Waals surface area contributed by atoms with E-state index in [1.165, 1.54) is 0 Å². The molecule has 1 N–H and O–H groups in total. The summed E-state index contributed by atoms with van der Waals surface area (Å²) in [6.45, 7) is 9.27. The van der Waals surface area contributed by atoms with Gasteiger partial charge in [0.05, 0.1) is 5.41 Å². The molecule has 0 amide bonds. The fraction of sp³-hybridized carbons (Fsp3) is 0.350.